The van der Waals surface area contributed by atoms with E-state index in [2.05, 4.69) is 35.1 Å². The first-order valence-corrected chi connectivity index (χ1v) is 6.79. The Hall–Kier alpha value is -1.76. The highest BCUT2D eigenvalue weighted by Crippen LogP contribution is 2.19. The Morgan fingerprint density at radius 1 is 1.32 bits per heavy atom. The van der Waals surface area contributed by atoms with E-state index < -0.39 is 5.60 Å². The summed E-state index contributed by atoms with van der Waals surface area (Å²) in [5.41, 5.74) is -0.667. The molecule has 0 radical (unpaired) electrons. The molecular formula is C15H23N3O. The van der Waals surface area contributed by atoms with Crippen molar-refractivity contribution in [2.45, 2.75) is 52.6 Å². The minimum Gasteiger partial charge on any atom is -0.458 e. The zero-order valence-corrected chi connectivity index (χ0v) is 12.3. The number of ether oxygens (including phenoxy) is 1. The Balaban J connectivity index is 2.96. The van der Waals surface area contributed by atoms with E-state index in [4.69, 9.17) is 11.2 Å². The second kappa shape index (κ2) is 6.98. The van der Waals surface area contributed by atoms with Gasteiger partial charge in [-0.05, 0) is 26.7 Å². The Kier molecular flexibility index (Phi) is 5.62. The Morgan fingerprint density at radius 2 is 2.05 bits per heavy atom. The average Bonchev–Trinajstić information content (AvgIpc) is 2.36. The number of terminal acetylenes is 1. The van der Waals surface area contributed by atoms with Gasteiger partial charge >= 0.3 is 0 Å². The van der Waals surface area contributed by atoms with Crippen LogP contribution in [0.2, 0.25) is 0 Å². The molecule has 1 rings (SSSR count). The number of nitrogens with zero attached hydrogens (tertiary/aromatic N) is 2. The van der Waals surface area contributed by atoms with Crippen LogP contribution in [0.25, 0.3) is 0 Å². The van der Waals surface area contributed by atoms with Crippen LogP contribution >= 0.6 is 0 Å². The molecule has 1 aromatic heterocycles. The summed E-state index contributed by atoms with van der Waals surface area (Å²) in [5, 5.41) is 3.25. The lowest BCUT2D eigenvalue weighted by Gasteiger charge is -2.20. The van der Waals surface area contributed by atoms with E-state index in [0.717, 1.165) is 37.4 Å². The van der Waals surface area contributed by atoms with E-state index in [0.29, 0.717) is 5.88 Å². The third kappa shape index (κ3) is 5.17. The Labute approximate surface area is 116 Å². The number of anilines is 1. The molecule has 19 heavy (non-hydrogen) atoms. The van der Waals surface area contributed by atoms with E-state index in [9.17, 15) is 0 Å². The van der Waals surface area contributed by atoms with Crippen molar-refractivity contribution in [3.8, 4) is 18.2 Å². The quantitative estimate of drug-likeness (QED) is 0.766. The maximum absolute atomic E-state index is 5.73. The normalized spacial score (nSPS) is 10.9. The van der Waals surface area contributed by atoms with E-state index in [-0.39, 0.29) is 0 Å². The molecule has 1 heterocycles. The molecule has 104 valence electrons. The van der Waals surface area contributed by atoms with E-state index in [1.165, 1.54) is 0 Å². The van der Waals surface area contributed by atoms with Crippen molar-refractivity contribution in [3.63, 3.8) is 0 Å². The van der Waals surface area contributed by atoms with Crippen LogP contribution in [0, 0.1) is 12.3 Å². The molecule has 0 saturated heterocycles. The third-order valence-corrected chi connectivity index (χ3v) is 2.49. The lowest BCUT2D eigenvalue weighted by molar-refractivity contribution is 0.164. The predicted octanol–water partition coefficient (Wildman–Crippen LogP) is 3.04. The molecule has 1 aromatic rings. The molecule has 0 atom stereocenters. The van der Waals surface area contributed by atoms with Gasteiger partial charge in [-0.25, -0.2) is 4.98 Å². The number of aromatic nitrogens is 2. The summed E-state index contributed by atoms with van der Waals surface area (Å²) in [4.78, 5) is 8.86. The predicted molar refractivity (Wildman–Crippen MR) is 78.3 cm³/mol. The summed E-state index contributed by atoms with van der Waals surface area (Å²) >= 11 is 0. The number of nitrogens with one attached hydrogen (secondary N) is 1. The van der Waals surface area contributed by atoms with E-state index in [1.807, 2.05) is 13.8 Å². The van der Waals surface area contributed by atoms with Crippen molar-refractivity contribution < 1.29 is 4.74 Å². The fourth-order valence-corrected chi connectivity index (χ4v) is 1.49. The summed E-state index contributed by atoms with van der Waals surface area (Å²) < 4.78 is 5.73. The number of hydrogen-bond acceptors (Lipinski definition) is 4. The second-order valence-corrected chi connectivity index (χ2v) is 4.94. The van der Waals surface area contributed by atoms with Crippen molar-refractivity contribution in [3.05, 3.63) is 11.9 Å². The van der Waals surface area contributed by atoms with Crippen LogP contribution in [-0.4, -0.2) is 22.1 Å². The van der Waals surface area contributed by atoms with Crippen LogP contribution < -0.4 is 10.1 Å². The summed E-state index contributed by atoms with van der Waals surface area (Å²) in [5.74, 6) is 4.71. The van der Waals surface area contributed by atoms with Gasteiger partial charge in [0.2, 0.25) is 5.88 Å². The van der Waals surface area contributed by atoms with Gasteiger partial charge in [0, 0.05) is 19.0 Å². The standard InChI is InChI=1S/C15H23N3O/c1-6-9-12-17-13(16-10-7-2)11-14(18-12)19-15(4,5)8-3/h3,11H,6-7,9-10H2,1-2,4-5H3,(H,16,17,18). The van der Waals surface area contributed by atoms with Crippen molar-refractivity contribution in [2.24, 2.45) is 0 Å². The van der Waals surface area contributed by atoms with Gasteiger partial charge in [-0.1, -0.05) is 19.8 Å². The molecule has 0 unspecified atom stereocenters. The summed E-state index contributed by atoms with van der Waals surface area (Å²) in [6.07, 6.45) is 8.30. The van der Waals surface area contributed by atoms with Gasteiger partial charge < -0.3 is 10.1 Å². The van der Waals surface area contributed by atoms with Crippen LogP contribution in [0.5, 0.6) is 5.88 Å². The van der Waals surface area contributed by atoms with Crippen LogP contribution in [0.4, 0.5) is 5.82 Å². The monoisotopic (exact) mass is 261 g/mol. The molecule has 1 N–H and O–H groups in total. The first-order valence-electron chi connectivity index (χ1n) is 6.79. The zero-order valence-electron chi connectivity index (χ0n) is 12.3. The van der Waals surface area contributed by atoms with Gasteiger partial charge in [0.05, 0.1) is 0 Å². The maximum Gasteiger partial charge on any atom is 0.220 e. The van der Waals surface area contributed by atoms with Crippen molar-refractivity contribution in [1.82, 2.24) is 9.97 Å². The van der Waals surface area contributed by atoms with Crippen molar-refractivity contribution in [1.29, 1.82) is 0 Å². The first kappa shape index (κ1) is 15.3. The molecule has 0 saturated carbocycles. The molecule has 0 fully saturated rings. The number of rotatable bonds is 7. The number of hydrogen-bond donors (Lipinski definition) is 1. The highest BCUT2D eigenvalue weighted by molar-refractivity contribution is 5.38. The van der Waals surface area contributed by atoms with Gasteiger partial charge in [0.1, 0.15) is 11.6 Å². The highest BCUT2D eigenvalue weighted by atomic mass is 16.5. The molecule has 0 aromatic carbocycles. The molecule has 4 nitrogen and oxygen atoms in total. The van der Waals surface area contributed by atoms with Crippen molar-refractivity contribution in [2.75, 3.05) is 11.9 Å². The smallest absolute Gasteiger partial charge is 0.220 e. The largest absolute Gasteiger partial charge is 0.458 e. The zero-order chi connectivity index (χ0) is 14.3. The SMILES string of the molecule is C#CC(C)(C)Oc1cc(NCCC)nc(CCC)n1. The topological polar surface area (TPSA) is 47.0 Å². The Bertz CT molecular complexity index is 449. The van der Waals surface area contributed by atoms with Gasteiger partial charge in [0.25, 0.3) is 0 Å². The van der Waals surface area contributed by atoms with Crippen LogP contribution in [0.1, 0.15) is 46.4 Å². The highest BCUT2D eigenvalue weighted by Gasteiger charge is 2.17. The van der Waals surface area contributed by atoms with Gasteiger partial charge in [0.15, 0.2) is 5.60 Å². The van der Waals surface area contributed by atoms with Crippen LogP contribution in [-0.2, 0) is 6.42 Å². The Morgan fingerprint density at radius 3 is 2.63 bits per heavy atom. The lowest BCUT2D eigenvalue weighted by atomic mass is 10.1. The minimum atomic E-state index is -0.667. The summed E-state index contributed by atoms with van der Waals surface area (Å²) in [6.45, 7) is 8.77. The molecular weight excluding hydrogens is 238 g/mol. The van der Waals surface area contributed by atoms with E-state index >= 15 is 0 Å². The second-order valence-electron chi connectivity index (χ2n) is 4.94. The molecule has 0 amide bonds. The fourth-order valence-electron chi connectivity index (χ4n) is 1.49. The molecule has 4 heteroatoms. The van der Waals surface area contributed by atoms with Gasteiger partial charge in [-0.3, -0.25) is 0 Å². The molecule has 0 aliphatic carbocycles. The molecule has 0 aliphatic heterocycles. The third-order valence-electron chi connectivity index (χ3n) is 2.49. The van der Waals surface area contributed by atoms with Gasteiger partial charge in [-0.2, -0.15) is 4.98 Å². The minimum absolute atomic E-state index is 0.528. The maximum atomic E-state index is 5.73. The van der Waals surface area contributed by atoms with Crippen LogP contribution in [0.15, 0.2) is 6.07 Å². The number of aryl methyl sites for hydroxylation is 1. The first-order chi connectivity index (χ1) is 9.00. The van der Waals surface area contributed by atoms with E-state index in [1.54, 1.807) is 6.07 Å². The van der Waals surface area contributed by atoms with Crippen molar-refractivity contribution >= 4 is 5.82 Å². The summed E-state index contributed by atoms with van der Waals surface area (Å²) in [7, 11) is 0. The lowest BCUT2D eigenvalue weighted by Crippen LogP contribution is -2.26. The molecule has 0 bridgehead atoms. The molecule has 0 spiro atoms. The molecule has 0 aliphatic rings. The van der Waals surface area contributed by atoms with Gasteiger partial charge in [-0.15, -0.1) is 6.42 Å². The summed E-state index contributed by atoms with van der Waals surface area (Å²) in [6, 6.07) is 1.80. The fraction of sp³-hybridized carbons (Fsp3) is 0.600. The average molecular weight is 261 g/mol. The van der Waals surface area contributed by atoms with Crippen LogP contribution in [0.3, 0.4) is 0 Å².